The molecule has 0 unspecified atom stereocenters. The second-order valence-corrected chi connectivity index (χ2v) is 12.4. The van der Waals surface area contributed by atoms with E-state index in [9.17, 15) is 0 Å². The Morgan fingerprint density at radius 3 is 1.33 bits per heavy atom. The van der Waals surface area contributed by atoms with E-state index in [1.807, 2.05) is 72.8 Å². The molecule has 2 heterocycles. The molecule has 240 valence electrons. The zero-order valence-corrected chi connectivity index (χ0v) is 27.6. The minimum absolute atomic E-state index is 0.637. The van der Waals surface area contributed by atoms with Crippen LogP contribution >= 0.6 is 0 Å². The van der Waals surface area contributed by atoms with E-state index in [1.165, 1.54) is 0 Å². The van der Waals surface area contributed by atoms with Crippen molar-refractivity contribution >= 4 is 11.0 Å². The fourth-order valence-corrected chi connectivity index (χ4v) is 6.52. The SMILES string of the molecule is c1ccc(-c2nc(-c3ccccc3)nc(-c3cccc(-c4cccc(-c5ccc(-c6nc7ccccc7n6-c6ccccc6)cc5)c4)c3)n2)cc1. The van der Waals surface area contributed by atoms with Crippen molar-refractivity contribution in [3.63, 3.8) is 0 Å². The van der Waals surface area contributed by atoms with E-state index in [1.54, 1.807) is 0 Å². The quantitative estimate of drug-likeness (QED) is 0.172. The summed E-state index contributed by atoms with van der Waals surface area (Å²) in [5.74, 6) is 2.85. The molecule has 0 bridgehead atoms. The average Bonchev–Trinajstić information content (AvgIpc) is 3.62. The summed E-state index contributed by atoms with van der Waals surface area (Å²) in [4.78, 5) is 19.8. The number of imidazole rings is 1. The molecule has 0 aliphatic carbocycles. The number of fused-ring (bicyclic) bond motifs is 1. The van der Waals surface area contributed by atoms with Crippen LogP contribution < -0.4 is 0 Å². The lowest BCUT2D eigenvalue weighted by Gasteiger charge is -2.11. The van der Waals surface area contributed by atoms with Crippen LogP contribution in [0.5, 0.6) is 0 Å². The molecule has 5 nitrogen and oxygen atoms in total. The third-order valence-corrected chi connectivity index (χ3v) is 9.07. The maximum Gasteiger partial charge on any atom is 0.164 e. The van der Waals surface area contributed by atoms with Crippen molar-refractivity contribution in [2.75, 3.05) is 0 Å². The van der Waals surface area contributed by atoms with E-state index in [2.05, 4.69) is 120 Å². The normalized spacial score (nSPS) is 11.1. The molecule has 9 rings (SSSR count). The Bertz CT molecular complexity index is 2560. The van der Waals surface area contributed by atoms with Crippen LogP contribution in [0.4, 0.5) is 0 Å². The summed E-state index contributed by atoms with van der Waals surface area (Å²) in [6, 6.07) is 64.6. The summed E-state index contributed by atoms with van der Waals surface area (Å²) < 4.78 is 2.23. The molecule has 0 aliphatic rings. The molecule has 0 aliphatic heterocycles. The van der Waals surface area contributed by atoms with Crippen molar-refractivity contribution in [2.45, 2.75) is 0 Å². The van der Waals surface area contributed by atoms with E-state index in [0.717, 1.165) is 67.1 Å². The Morgan fingerprint density at radius 1 is 0.294 bits per heavy atom. The highest BCUT2D eigenvalue weighted by atomic mass is 15.1. The predicted octanol–water partition coefficient (Wildman–Crippen LogP) is 11.2. The molecular weight excluding hydrogens is 623 g/mol. The molecule has 5 heteroatoms. The zero-order chi connectivity index (χ0) is 34.0. The minimum atomic E-state index is 0.637. The van der Waals surface area contributed by atoms with Crippen LogP contribution in [0.1, 0.15) is 0 Å². The Balaban J connectivity index is 1.06. The minimum Gasteiger partial charge on any atom is -0.292 e. The molecule has 0 N–H and O–H groups in total. The molecule has 0 fully saturated rings. The summed E-state index contributed by atoms with van der Waals surface area (Å²) in [7, 11) is 0. The molecule has 2 aromatic heterocycles. The van der Waals surface area contributed by atoms with Gasteiger partial charge in [0.15, 0.2) is 17.5 Å². The Hall–Kier alpha value is -6.98. The number of rotatable bonds is 7. The molecule has 0 radical (unpaired) electrons. The monoisotopic (exact) mass is 653 g/mol. The molecule has 9 aromatic rings. The summed E-state index contributed by atoms with van der Waals surface area (Å²) >= 11 is 0. The first-order chi connectivity index (χ1) is 25.3. The van der Waals surface area contributed by atoms with Gasteiger partial charge in [0, 0.05) is 27.9 Å². The van der Waals surface area contributed by atoms with Gasteiger partial charge >= 0.3 is 0 Å². The lowest BCUT2D eigenvalue weighted by molar-refractivity contribution is 1.07. The van der Waals surface area contributed by atoms with Gasteiger partial charge in [-0.15, -0.1) is 0 Å². The van der Waals surface area contributed by atoms with Gasteiger partial charge in [0.2, 0.25) is 0 Å². The highest BCUT2D eigenvalue weighted by Gasteiger charge is 2.15. The van der Waals surface area contributed by atoms with Crippen molar-refractivity contribution in [2.24, 2.45) is 0 Å². The average molecular weight is 654 g/mol. The van der Waals surface area contributed by atoms with Gasteiger partial charge in [-0.05, 0) is 58.7 Å². The fraction of sp³-hybridized carbons (Fsp3) is 0. The second kappa shape index (κ2) is 13.1. The van der Waals surface area contributed by atoms with Crippen molar-refractivity contribution in [1.29, 1.82) is 0 Å². The lowest BCUT2D eigenvalue weighted by Crippen LogP contribution is -2.00. The summed E-state index contributed by atoms with van der Waals surface area (Å²) in [6.45, 7) is 0. The first-order valence-electron chi connectivity index (χ1n) is 17.0. The largest absolute Gasteiger partial charge is 0.292 e. The molecule has 0 atom stereocenters. The van der Waals surface area contributed by atoms with Crippen molar-refractivity contribution < 1.29 is 0 Å². The molecule has 0 saturated heterocycles. The fourth-order valence-electron chi connectivity index (χ4n) is 6.52. The topological polar surface area (TPSA) is 56.5 Å². The number of aromatic nitrogens is 5. The summed E-state index contributed by atoms with van der Waals surface area (Å²) in [5.41, 5.74) is 11.5. The Labute approximate surface area is 296 Å². The van der Waals surface area contributed by atoms with Crippen molar-refractivity contribution in [3.05, 3.63) is 188 Å². The van der Waals surface area contributed by atoms with Crippen LogP contribution in [0.25, 0.3) is 84.5 Å². The maximum atomic E-state index is 5.04. The number of nitrogens with zero attached hydrogens (tertiary/aromatic N) is 5. The zero-order valence-electron chi connectivity index (χ0n) is 27.6. The summed E-state index contributed by atoms with van der Waals surface area (Å²) in [6.07, 6.45) is 0. The van der Waals surface area contributed by atoms with E-state index in [0.29, 0.717) is 17.5 Å². The molecular formula is C46H31N5. The van der Waals surface area contributed by atoms with Gasteiger partial charge in [0.05, 0.1) is 11.0 Å². The van der Waals surface area contributed by atoms with Gasteiger partial charge < -0.3 is 0 Å². The second-order valence-electron chi connectivity index (χ2n) is 12.4. The first-order valence-corrected chi connectivity index (χ1v) is 17.0. The van der Waals surface area contributed by atoms with Crippen LogP contribution in [0.2, 0.25) is 0 Å². The highest BCUT2D eigenvalue weighted by molar-refractivity contribution is 5.84. The Morgan fingerprint density at radius 2 is 0.725 bits per heavy atom. The van der Waals surface area contributed by atoms with Crippen LogP contribution in [0.3, 0.4) is 0 Å². The van der Waals surface area contributed by atoms with E-state index < -0.39 is 0 Å². The number of para-hydroxylation sites is 3. The maximum absolute atomic E-state index is 5.04. The molecule has 0 saturated carbocycles. The number of hydrogen-bond acceptors (Lipinski definition) is 4. The predicted molar refractivity (Wildman–Crippen MR) is 207 cm³/mol. The summed E-state index contributed by atoms with van der Waals surface area (Å²) in [5, 5.41) is 0. The Kier molecular flexibility index (Phi) is 7.76. The molecule has 0 amide bonds. The van der Waals surface area contributed by atoms with Crippen LogP contribution in [0, 0.1) is 0 Å². The van der Waals surface area contributed by atoms with Gasteiger partial charge in [-0.1, -0.05) is 152 Å². The van der Waals surface area contributed by atoms with Crippen LogP contribution in [-0.4, -0.2) is 24.5 Å². The standard InChI is InChI=1S/C46H31N5/c1-4-14-33(15-5-1)43-48-44(34-16-6-2-7-17-34)50-45(49-43)39-21-13-20-38(31-39)37-19-12-18-36(30-37)32-26-28-35(29-27-32)46-47-41-24-10-11-25-42(41)51(46)40-22-8-3-9-23-40/h1-31H. The number of benzene rings is 7. The highest BCUT2D eigenvalue weighted by Crippen LogP contribution is 2.33. The number of hydrogen-bond donors (Lipinski definition) is 0. The van der Waals surface area contributed by atoms with Crippen molar-refractivity contribution in [3.8, 4) is 73.5 Å². The third kappa shape index (κ3) is 5.98. The van der Waals surface area contributed by atoms with Crippen LogP contribution in [-0.2, 0) is 0 Å². The van der Waals surface area contributed by atoms with Gasteiger partial charge in [-0.3, -0.25) is 4.57 Å². The van der Waals surface area contributed by atoms with E-state index >= 15 is 0 Å². The van der Waals surface area contributed by atoms with Gasteiger partial charge in [-0.25, -0.2) is 19.9 Å². The third-order valence-electron chi connectivity index (χ3n) is 9.07. The molecule has 0 spiro atoms. The van der Waals surface area contributed by atoms with Crippen LogP contribution in [0.15, 0.2) is 188 Å². The van der Waals surface area contributed by atoms with Gasteiger partial charge in [0.25, 0.3) is 0 Å². The lowest BCUT2D eigenvalue weighted by atomic mass is 9.97. The smallest absolute Gasteiger partial charge is 0.164 e. The van der Waals surface area contributed by atoms with Crippen molar-refractivity contribution in [1.82, 2.24) is 24.5 Å². The molecule has 51 heavy (non-hydrogen) atoms. The van der Waals surface area contributed by atoms with E-state index in [-0.39, 0.29) is 0 Å². The van der Waals surface area contributed by atoms with Gasteiger partial charge in [-0.2, -0.15) is 0 Å². The first kappa shape index (κ1) is 30.1. The van der Waals surface area contributed by atoms with E-state index in [4.69, 9.17) is 19.9 Å². The molecule has 7 aromatic carbocycles. The van der Waals surface area contributed by atoms with Gasteiger partial charge in [0.1, 0.15) is 5.82 Å².